The molecule has 170 valence electrons. The zero-order valence-corrected chi connectivity index (χ0v) is 18.9. The van der Waals surface area contributed by atoms with Gasteiger partial charge < -0.3 is 14.8 Å². The van der Waals surface area contributed by atoms with Crippen molar-refractivity contribution in [2.75, 3.05) is 13.2 Å². The highest BCUT2D eigenvalue weighted by Gasteiger charge is 2.24. The number of carbonyl (C=O) groups excluding carboxylic acids is 3. The molecule has 2 aromatic rings. The second kappa shape index (κ2) is 12.5. The molecule has 2 N–H and O–H groups in total. The number of nitrogens with one attached hydrogen (secondary N) is 2. The highest BCUT2D eigenvalue weighted by molar-refractivity contribution is 6.31. The van der Waals surface area contributed by atoms with Gasteiger partial charge in [0.25, 0.3) is 11.8 Å². The van der Waals surface area contributed by atoms with Crippen molar-refractivity contribution in [3.8, 4) is 5.75 Å². The van der Waals surface area contributed by atoms with Gasteiger partial charge in [0.1, 0.15) is 11.8 Å². The lowest BCUT2D eigenvalue weighted by atomic mass is 10.0. The number of rotatable bonds is 10. The number of benzene rings is 2. The number of hydrazone groups is 1. The molecule has 0 radical (unpaired) electrons. The van der Waals surface area contributed by atoms with Crippen LogP contribution in [0.15, 0.2) is 53.6 Å². The lowest BCUT2D eigenvalue weighted by molar-refractivity contribution is -0.145. The van der Waals surface area contributed by atoms with E-state index in [2.05, 4.69) is 15.8 Å². The van der Waals surface area contributed by atoms with E-state index in [1.54, 1.807) is 49.4 Å². The number of esters is 1. The molecule has 0 aromatic heterocycles. The molecule has 0 aliphatic carbocycles. The summed E-state index contributed by atoms with van der Waals surface area (Å²) in [4.78, 5) is 36.3. The zero-order valence-electron chi connectivity index (χ0n) is 18.1. The smallest absolute Gasteiger partial charge is 0.344 e. The average molecular weight is 460 g/mol. The summed E-state index contributed by atoms with van der Waals surface area (Å²) in [6.07, 6.45) is 1.46. The van der Waals surface area contributed by atoms with Gasteiger partial charge in [-0.25, -0.2) is 10.2 Å². The van der Waals surface area contributed by atoms with E-state index in [1.165, 1.54) is 12.3 Å². The fourth-order valence-corrected chi connectivity index (χ4v) is 2.81. The second-order valence-corrected chi connectivity index (χ2v) is 7.54. The molecule has 32 heavy (non-hydrogen) atoms. The number of ether oxygens (including phenoxy) is 2. The topological polar surface area (TPSA) is 106 Å². The van der Waals surface area contributed by atoms with Crippen LogP contribution in [0, 0.1) is 5.92 Å². The first kappa shape index (κ1) is 24.9. The van der Waals surface area contributed by atoms with Gasteiger partial charge in [0.15, 0.2) is 6.61 Å². The van der Waals surface area contributed by atoms with Gasteiger partial charge in [-0.05, 0) is 60.9 Å². The SMILES string of the molecule is CCOC(=O)COc1ccc(/C=N/NC(=O)C(NC(=O)c2cccc(Cl)c2)C(C)C)cc1. The molecule has 0 aliphatic rings. The van der Waals surface area contributed by atoms with Crippen molar-refractivity contribution in [1.82, 2.24) is 10.7 Å². The molecule has 0 fully saturated rings. The molecule has 8 nitrogen and oxygen atoms in total. The Hall–Kier alpha value is -3.39. The largest absolute Gasteiger partial charge is 0.482 e. The number of nitrogens with zero attached hydrogens (tertiary/aromatic N) is 1. The van der Waals surface area contributed by atoms with Crippen molar-refractivity contribution < 1.29 is 23.9 Å². The summed E-state index contributed by atoms with van der Waals surface area (Å²) in [6.45, 7) is 5.49. The van der Waals surface area contributed by atoms with Crippen molar-refractivity contribution in [3.63, 3.8) is 0 Å². The van der Waals surface area contributed by atoms with Crippen molar-refractivity contribution in [2.24, 2.45) is 11.0 Å². The molecule has 1 unspecified atom stereocenters. The standard InChI is InChI=1S/C23H26ClN3O5/c1-4-31-20(28)14-32-19-10-8-16(9-11-19)13-25-27-23(30)21(15(2)3)26-22(29)17-6-5-7-18(24)12-17/h5-13,15,21H,4,14H2,1-3H3,(H,26,29)(H,27,30)/b25-13+. The molecule has 0 bridgehead atoms. The lowest BCUT2D eigenvalue weighted by Crippen LogP contribution is -2.48. The zero-order chi connectivity index (χ0) is 23.5. The summed E-state index contributed by atoms with van der Waals surface area (Å²) >= 11 is 5.92. The second-order valence-electron chi connectivity index (χ2n) is 7.10. The number of halogens is 1. The number of amides is 2. The van der Waals surface area contributed by atoms with Crippen LogP contribution in [0.5, 0.6) is 5.75 Å². The Bertz CT molecular complexity index is 960. The van der Waals surface area contributed by atoms with Crippen LogP contribution < -0.4 is 15.5 Å². The van der Waals surface area contributed by atoms with Crippen LogP contribution in [-0.4, -0.2) is 43.3 Å². The van der Waals surface area contributed by atoms with Crippen LogP contribution in [-0.2, 0) is 14.3 Å². The molecule has 9 heteroatoms. The number of hydrogen-bond acceptors (Lipinski definition) is 6. The molecule has 0 saturated carbocycles. The molecule has 1 atom stereocenters. The first-order valence-electron chi connectivity index (χ1n) is 10.1. The lowest BCUT2D eigenvalue weighted by Gasteiger charge is -2.20. The van der Waals surface area contributed by atoms with Gasteiger partial charge >= 0.3 is 5.97 Å². The van der Waals surface area contributed by atoms with Crippen LogP contribution in [0.2, 0.25) is 5.02 Å². The van der Waals surface area contributed by atoms with E-state index in [9.17, 15) is 14.4 Å². The van der Waals surface area contributed by atoms with Crippen LogP contribution in [0.1, 0.15) is 36.7 Å². The van der Waals surface area contributed by atoms with Gasteiger partial charge in [0, 0.05) is 10.6 Å². The molecule has 2 aromatic carbocycles. The molecular formula is C23H26ClN3O5. The summed E-state index contributed by atoms with van der Waals surface area (Å²) in [5.41, 5.74) is 3.52. The van der Waals surface area contributed by atoms with Crippen molar-refractivity contribution >= 4 is 35.6 Å². The van der Waals surface area contributed by atoms with Gasteiger partial charge in [-0.1, -0.05) is 31.5 Å². The van der Waals surface area contributed by atoms with E-state index in [0.717, 1.165) is 0 Å². The van der Waals surface area contributed by atoms with E-state index in [4.69, 9.17) is 21.1 Å². The minimum absolute atomic E-state index is 0.163. The number of carbonyl (C=O) groups is 3. The van der Waals surface area contributed by atoms with Crippen LogP contribution in [0.25, 0.3) is 0 Å². The summed E-state index contributed by atoms with van der Waals surface area (Å²) in [6, 6.07) is 12.5. The highest BCUT2D eigenvalue weighted by Crippen LogP contribution is 2.12. The summed E-state index contributed by atoms with van der Waals surface area (Å²) in [7, 11) is 0. The van der Waals surface area contributed by atoms with Gasteiger partial charge in [-0.2, -0.15) is 5.10 Å². The summed E-state index contributed by atoms with van der Waals surface area (Å²) in [5.74, 6) is -0.945. The molecule has 0 aliphatic heterocycles. The number of hydrogen-bond donors (Lipinski definition) is 2. The molecule has 0 saturated heterocycles. The van der Waals surface area contributed by atoms with Crippen LogP contribution in [0.4, 0.5) is 0 Å². The van der Waals surface area contributed by atoms with E-state index >= 15 is 0 Å². The quantitative estimate of drug-likeness (QED) is 0.322. The third kappa shape index (κ3) is 8.03. The third-order valence-electron chi connectivity index (χ3n) is 4.25. The minimum Gasteiger partial charge on any atom is -0.482 e. The Labute approximate surface area is 191 Å². The van der Waals surface area contributed by atoms with E-state index < -0.39 is 23.8 Å². The third-order valence-corrected chi connectivity index (χ3v) is 4.49. The highest BCUT2D eigenvalue weighted by atomic mass is 35.5. The predicted molar refractivity (Wildman–Crippen MR) is 122 cm³/mol. The maximum atomic E-state index is 12.5. The van der Waals surface area contributed by atoms with E-state index in [-0.39, 0.29) is 12.5 Å². The fourth-order valence-electron chi connectivity index (χ4n) is 2.62. The maximum Gasteiger partial charge on any atom is 0.344 e. The van der Waals surface area contributed by atoms with Crippen molar-refractivity contribution in [2.45, 2.75) is 26.8 Å². The van der Waals surface area contributed by atoms with Gasteiger partial charge in [-0.15, -0.1) is 0 Å². The Kier molecular flexibility index (Phi) is 9.69. The Morgan fingerprint density at radius 3 is 2.47 bits per heavy atom. The molecule has 2 amide bonds. The predicted octanol–water partition coefficient (Wildman–Crippen LogP) is 3.19. The van der Waals surface area contributed by atoms with Crippen LogP contribution >= 0.6 is 11.6 Å². The minimum atomic E-state index is -0.780. The normalized spacial score (nSPS) is 11.8. The summed E-state index contributed by atoms with van der Waals surface area (Å²) in [5, 5.41) is 7.10. The average Bonchev–Trinajstić information content (AvgIpc) is 2.76. The van der Waals surface area contributed by atoms with Gasteiger partial charge in [0.05, 0.1) is 12.8 Å². The fraction of sp³-hybridized carbons (Fsp3) is 0.304. The molecule has 0 spiro atoms. The van der Waals surface area contributed by atoms with Gasteiger partial charge in [-0.3, -0.25) is 9.59 Å². The van der Waals surface area contributed by atoms with Gasteiger partial charge in [0.2, 0.25) is 0 Å². The Balaban J connectivity index is 1.90. The van der Waals surface area contributed by atoms with E-state index in [1.807, 2.05) is 13.8 Å². The monoisotopic (exact) mass is 459 g/mol. The Morgan fingerprint density at radius 1 is 1.12 bits per heavy atom. The maximum absolute atomic E-state index is 12.5. The molecule has 0 heterocycles. The molecular weight excluding hydrogens is 434 g/mol. The Morgan fingerprint density at radius 2 is 1.84 bits per heavy atom. The first-order chi connectivity index (χ1) is 15.3. The first-order valence-corrected chi connectivity index (χ1v) is 10.5. The summed E-state index contributed by atoms with van der Waals surface area (Å²) < 4.78 is 10.1. The van der Waals surface area contributed by atoms with Crippen molar-refractivity contribution in [3.05, 3.63) is 64.7 Å². The van der Waals surface area contributed by atoms with Crippen molar-refractivity contribution in [1.29, 1.82) is 0 Å². The molecule has 2 rings (SSSR count). The van der Waals surface area contributed by atoms with E-state index in [0.29, 0.717) is 28.5 Å². The van der Waals surface area contributed by atoms with Crippen LogP contribution in [0.3, 0.4) is 0 Å².